The molecule has 3 aromatic rings. The highest BCUT2D eigenvalue weighted by atomic mass is 32.2. The minimum atomic E-state index is -0.114. The molecule has 1 amide bonds. The van der Waals surface area contributed by atoms with Crippen molar-refractivity contribution in [3.8, 4) is 0 Å². The summed E-state index contributed by atoms with van der Waals surface area (Å²) in [5.41, 5.74) is 1.40. The smallest absolute Gasteiger partial charge is 0.272 e. The Morgan fingerprint density at radius 3 is 2.45 bits per heavy atom. The first kappa shape index (κ1) is 14.5. The van der Waals surface area contributed by atoms with Gasteiger partial charge in [0.1, 0.15) is 5.69 Å². The van der Waals surface area contributed by atoms with E-state index in [1.807, 2.05) is 61.4 Å². The summed E-state index contributed by atoms with van der Waals surface area (Å²) in [6, 6.07) is 11.4. The lowest BCUT2D eigenvalue weighted by atomic mass is 10.3. The van der Waals surface area contributed by atoms with E-state index in [1.54, 1.807) is 28.6 Å². The van der Waals surface area contributed by atoms with Crippen molar-refractivity contribution in [3.63, 3.8) is 0 Å². The van der Waals surface area contributed by atoms with Crippen molar-refractivity contribution in [2.75, 3.05) is 5.32 Å². The quantitative estimate of drug-likeness (QED) is 0.805. The molecule has 112 valence electrons. The van der Waals surface area contributed by atoms with Gasteiger partial charge in [-0.25, -0.2) is 4.98 Å². The third-order valence-corrected chi connectivity index (χ3v) is 4.36. The summed E-state index contributed by atoms with van der Waals surface area (Å²) in [5.74, 6) is -0.114. The lowest BCUT2D eigenvalue weighted by Gasteiger charge is -2.07. The van der Waals surface area contributed by atoms with Gasteiger partial charge in [0.15, 0.2) is 5.16 Å². The number of carbonyl (C=O) groups excluding carboxylic acids is 1. The highest BCUT2D eigenvalue weighted by Gasteiger charge is 2.09. The molecule has 1 aromatic carbocycles. The van der Waals surface area contributed by atoms with E-state index in [0.29, 0.717) is 5.69 Å². The number of hydrogen-bond acceptors (Lipinski definition) is 3. The van der Waals surface area contributed by atoms with Gasteiger partial charge >= 0.3 is 0 Å². The number of nitrogens with one attached hydrogen (secondary N) is 1. The Balaban J connectivity index is 1.68. The largest absolute Gasteiger partial charge is 0.347 e. The molecule has 0 aliphatic heterocycles. The number of hydrogen-bond donors (Lipinski definition) is 1. The first-order valence-electron chi connectivity index (χ1n) is 6.81. The fourth-order valence-corrected chi connectivity index (χ4v) is 2.86. The van der Waals surface area contributed by atoms with Crippen molar-refractivity contribution in [1.82, 2.24) is 14.1 Å². The average Bonchev–Trinajstić information content (AvgIpc) is 3.10. The summed E-state index contributed by atoms with van der Waals surface area (Å²) >= 11 is 1.58. The Labute approximate surface area is 133 Å². The van der Waals surface area contributed by atoms with E-state index in [2.05, 4.69) is 10.3 Å². The van der Waals surface area contributed by atoms with Crippen molar-refractivity contribution < 1.29 is 4.79 Å². The molecule has 1 N–H and O–H groups in total. The van der Waals surface area contributed by atoms with Crippen molar-refractivity contribution in [2.24, 2.45) is 14.1 Å². The van der Waals surface area contributed by atoms with Gasteiger partial charge in [0.2, 0.25) is 0 Å². The fraction of sp³-hybridized carbons (Fsp3) is 0.125. The maximum absolute atomic E-state index is 12.1. The van der Waals surface area contributed by atoms with Gasteiger partial charge in [0.05, 0.1) is 0 Å². The molecule has 0 unspecified atom stereocenters. The highest BCUT2D eigenvalue weighted by molar-refractivity contribution is 7.99. The average molecular weight is 312 g/mol. The van der Waals surface area contributed by atoms with E-state index in [4.69, 9.17) is 0 Å². The maximum atomic E-state index is 12.1. The Kier molecular flexibility index (Phi) is 4.02. The predicted molar refractivity (Wildman–Crippen MR) is 87.1 cm³/mol. The lowest BCUT2D eigenvalue weighted by molar-refractivity contribution is 0.101. The van der Waals surface area contributed by atoms with Crippen LogP contribution in [-0.2, 0) is 14.1 Å². The van der Waals surface area contributed by atoms with Crippen LogP contribution in [0.2, 0.25) is 0 Å². The van der Waals surface area contributed by atoms with E-state index in [-0.39, 0.29) is 5.91 Å². The van der Waals surface area contributed by atoms with Gasteiger partial charge in [-0.2, -0.15) is 0 Å². The molecule has 0 spiro atoms. The van der Waals surface area contributed by atoms with Crippen LogP contribution in [0, 0.1) is 0 Å². The summed E-state index contributed by atoms with van der Waals surface area (Å²) in [4.78, 5) is 17.5. The minimum Gasteiger partial charge on any atom is -0.347 e. The van der Waals surface area contributed by atoms with Crippen LogP contribution in [0.4, 0.5) is 5.69 Å². The SMILES string of the molecule is Cn1cccc1C(=O)Nc1ccc(Sc2nccn2C)cc1. The molecule has 0 fully saturated rings. The molecule has 0 atom stereocenters. The molecule has 0 saturated carbocycles. The van der Waals surface area contributed by atoms with Crippen LogP contribution in [-0.4, -0.2) is 20.0 Å². The molecule has 3 rings (SSSR count). The minimum absolute atomic E-state index is 0.114. The number of rotatable bonds is 4. The molecule has 22 heavy (non-hydrogen) atoms. The Hall–Kier alpha value is -2.47. The van der Waals surface area contributed by atoms with Gasteiger partial charge < -0.3 is 14.5 Å². The van der Waals surface area contributed by atoms with E-state index in [1.165, 1.54) is 0 Å². The molecular formula is C16H16N4OS. The summed E-state index contributed by atoms with van der Waals surface area (Å²) in [6.45, 7) is 0. The molecule has 5 nitrogen and oxygen atoms in total. The number of anilines is 1. The second-order valence-electron chi connectivity index (χ2n) is 4.91. The Morgan fingerprint density at radius 2 is 1.86 bits per heavy atom. The molecule has 6 heteroatoms. The zero-order valence-corrected chi connectivity index (χ0v) is 13.2. The zero-order chi connectivity index (χ0) is 15.5. The number of aryl methyl sites for hydroxylation is 2. The van der Waals surface area contributed by atoms with Crippen molar-refractivity contribution in [1.29, 1.82) is 0 Å². The Morgan fingerprint density at radius 1 is 1.09 bits per heavy atom. The van der Waals surface area contributed by atoms with Crippen molar-refractivity contribution in [3.05, 3.63) is 60.7 Å². The van der Waals surface area contributed by atoms with Gasteiger partial charge in [-0.3, -0.25) is 4.79 Å². The van der Waals surface area contributed by atoms with Gasteiger partial charge in [-0.15, -0.1) is 0 Å². The van der Waals surface area contributed by atoms with E-state index >= 15 is 0 Å². The topological polar surface area (TPSA) is 51.9 Å². The number of nitrogens with zero attached hydrogens (tertiary/aromatic N) is 3. The standard InChI is InChI=1S/C16H16N4OS/c1-19-10-3-4-14(19)15(21)18-12-5-7-13(8-6-12)22-16-17-9-11-20(16)2/h3-11H,1-2H3,(H,18,21). The van der Waals surface area contributed by atoms with Crippen LogP contribution >= 0.6 is 11.8 Å². The predicted octanol–water partition coefficient (Wildman–Crippen LogP) is 3.16. The van der Waals surface area contributed by atoms with Gasteiger partial charge in [-0.05, 0) is 36.4 Å². The van der Waals surface area contributed by atoms with E-state index in [9.17, 15) is 4.79 Å². The molecule has 0 aliphatic rings. The molecule has 2 heterocycles. The molecule has 0 aliphatic carbocycles. The molecule has 0 radical (unpaired) electrons. The summed E-state index contributed by atoms with van der Waals surface area (Å²) < 4.78 is 3.76. The normalized spacial score (nSPS) is 10.6. The van der Waals surface area contributed by atoms with Crippen LogP contribution in [0.25, 0.3) is 0 Å². The van der Waals surface area contributed by atoms with E-state index in [0.717, 1.165) is 15.7 Å². The van der Waals surface area contributed by atoms with Crippen LogP contribution < -0.4 is 5.32 Å². The summed E-state index contributed by atoms with van der Waals surface area (Å²) in [5, 5.41) is 3.82. The number of benzene rings is 1. The monoisotopic (exact) mass is 312 g/mol. The third-order valence-electron chi connectivity index (χ3n) is 3.27. The van der Waals surface area contributed by atoms with Crippen LogP contribution in [0.1, 0.15) is 10.5 Å². The van der Waals surface area contributed by atoms with Gasteiger partial charge in [0, 0.05) is 43.3 Å². The summed E-state index contributed by atoms with van der Waals surface area (Å²) in [7, 11) is 3.81. The maximum Gasteiger partial charge on any atom is 0.272 e. The molecular weight excluding hydrogens is 296 g/mol. The van der Waals surface area contributed by atoms with Crippen molar-refractivity contribution in [2.45, 2.75) is 10.1 Å². The molecule has 0 bridgehead atoms. The van der Waals surface area contributed by atoms with Gasteiger partial charge in [0.25, 0.3) is 5.91 Å². The van der Waals surface area contributed by atoms with E-state index < -0.39 is 0 Å². The molecule has 2 aromatic heterocycles. The number of aromatic nitrogens is 3. The second-order valence-corrected chi connectivity index (χ2v) is 5.95. The van der Waals surface area contributed by atoms with Crippen LogP contribution in [0.15, 0.2) is 65.0 Å². The van der Waals surface area contributed by atoms with Crippen molar-refractivity contribution >= 4 is 23.4 Å². The number of carbonyl (C=O) groups is 1. The van der Waals surface area contributed by atoms with Crippen LogP contribution in [0.3, 0.4) is 0 Å². The highest BCUT2D eigenvalue weighted by Crippen LogP contribution is 2.26. The third kappa shape index (κ3) is 3.07. The second kappa shape index (κ2) is 6.11. The Bertz CT molecular complexity index is 789. The number of amides is 1. The van der Waals surface area contributed by atoms with Crippen LogP contribution in [0.5, 0.6) is 0 Å². The lowest BCUT2D eigenvalue weighted by Crippen LogP contribution is -2.15. The van der Waals surface area contributed by atoms with Gasteiger partial charge in [-0.1, -0.05) is 11.8 Å². The first-order valence-corrected chi connectivity index (χ1v) is 7.63. The first-order chi connectivity index (χ1) is 10.6. The zero-order valence-electron chi connectivity index (χ0n) is 12.4. The molecule has 0 saturated heterocycles. The summed E-state index contributed by atoms with van der Waals surface area (Å²) in [6.07, 6.45) is 5.54. The number of imidazole rings is 1. The fourth-order valence-electron chi connectivity index (χ4n) is 2.05.